The van der Waals surface area contributed by atoms with Gasteiger partial charge in [-0.1, -0.05) is 0 Å². The summed E-state index contributed by atoms with van der Waals surface area (Å²) in [5.41, 5.74) is 2.92. The van der Waals surface area contributed by atoms with Crippen LogP contribution in [0, 0.1) is 11.3 Å². The second kappa shape index (κ2) is 6.34. The van der Waals surface area contributed by atoms with Gasteiger partial charge < -0.3 is 15.2 Å². The number of aliphatic carboxylic acids is 1. The summed E-state index contributed by atoms with van der Waals surface area (Å²) in [5, 5.41) is 19.8. The van der Waals surface area contributed by atoms with Crippen LogP contribution in [-0.2, 0) is 11.2 Å². The van der Waals surface area contributed by atoms with Crippen molar-refractivity contribution in [1.29, 1.82) is 5.26 Å². The van der Waals surface area contributed by atoms with Gasteiger partial charge in [0.15, 0.2) is 0 Å². The van der Waals surface area contributed by atoms with Crippen LogP contribution in [0.3, 0.4) is 0 Å². The molecule has 1 aliphatic heterocycles. The van der Waals surface area contributed by atoms with Crippen LogP contribution in [0.1, 0.15) is 29.9 Å². The van der Waals surface area contributed by atoms with Crippen molar-refractivity contribution in [3.05, 3.63) is 29.1 Å². The van der Waals surface area contributed by atoms with Crippen molar-refractivity contribution >= 4 is 5.97 Å². The van der Waals surface area contributed by atoms with E-state index in [1.807, 2.05) is 6.07 Å². The summed E-state index contributed by atoms with van der Waals surface area (Å²) in [6, 6.07) is 6.39. The number of carboxylic acids is 1. The number of quaternary nitrogens is 1. The summed E-state index contributed by atoms with van der Waals surface area (Å²) in [4.78, 5) is 13.1. The van der Waals surface area contributed by atoms with Gasteiger partial charge >= 0.3 is 6.18 Å². The lowest BCUT2D eigenvalue weighted by atomic mass is 10.00. The monoisotopic (exact) mass is 287 g/mol. The average molecular weight is 287 g/mol. The number of carbonyl (C=O) groups is 1. The van der Waals surface area contributed by atoms with Crippen LogP contribution in [0.15, 0.2) is 12.1 Å². The summed E-state index contributed by atoms with van der Waals surface area (Å²) >= 11 is 0. The molecule has 1 aliphatic rings. The zero-order valence-corrected chi connectivity index (χ0v) is 10.6. The van der Waals surface area contributed by atoms with Gasteiger partial charge in [0, 0.05) is 12.0 Å². The van der Waals surface area contributed by atoms with E-state index in [0.29, 0.717) is 11.7 Å². The van der Waals surface area contributed by atoms with Gasteiger partial charge in [-0.3, -0.25) is 0 Å². The molecule has 1 aromatic rings. The fourth-order valence-corrected chi connectivity index (χ4v) is 1.79. The Balaban J connectivity index is 0.000000246. The lowest BCUT2D eigenvalue weighted by Crippen LogP contribution is -2.86. The lowest BCUT2D eigenvalue weighted by molar-refractivity contribution is -0.695. The number of carboxylic acid groups (broad SMARTS) is 1. The molecular weight excluding hydrogens is 275 g/mol. The Morgan fingerprint density at radius 3 is 2.65 bits per heavy atom. The highest BCUT2D eigenvalue weighted by Crippen LogP contribution is 2.16. The number of nitrogens with zero attached hydrogens (tertiary/aromatic N) is 2. The summed E-state index contributed by atoms with van der Waals surface area (Å²) in [6.07, 6.45) is -4.21. The van der Waals surface area contributed by atoms with Crippen LogP contribution in [0.2, 0.25) is 0 Å². The third-order valence-electron chi connectivity index (χ3n) is 2.75. The minimum absolute atomic E-state index is 0.490. The molecule has 2 heterocycles. The molecule has 1 aromatic heterocycles. The molecule has 0 saturated heterocycles. The van der Waals surface area contributed by atoms with E-state index in [2.05, 4.69) is 23.3 Å². The number of alkyl halides is 3. The van der Waals surface area contributed by atoms with Gasteiger partial charge in [0.2, 0.25) is 0 Å². The van der Waals surface area contributed by atoms with Crippen molar-refractivity contribution in [1.82, 2.24) is 4.98 Å². The Hall–Kier alpha value is -2.14. The maximum Gasteiger partial charge on any atom is 0.430 e. The minimum Gasteiger partial charge on any atom is -0.542 e. The fraction of sp³-hybridized carbons (Fsp3) is 0.417. The van der Waals surface area contributed by atoms with Gasteiger partial charge in [0.05, 0.1) is 12.2 Å². The van der Waals surface area contributed by atoms with Crippen LogP contribution in [0.25, 0.3) is 0 Å². The number of halogens is 3. The molecule has 1 atom stereocenters. The normalized spacial score (nSPS) is 17.2. The SMILES string of the molecule is C[C@H]1[NH2+]CCc2nc(C#N)ccc21.O=C([O-])C(F)(F)F. The zero-order valence-electron chi connectivity index (χ0n) is 10.6. The second-order valence-corrected chi connectivity index (χ2v) is 4.19. The van der Waals surface area contributed by atoms with Crippen molar-refractivity contribution in [2.24, 2.45) is 0 Å². The number of hydrogen-bond donors (Lipinski definition) is 1. The van der Waals surface area contributed by atoms with Crippen LogP contribution < -0.4 is 10.4 Å². The molecule has 2 rings (SSSR count). The highest BCUT2D eigenvalue weighted by molar-refractivity contribution is 5.70. The topological polar surface area (TPSA) is 93.4 Å². The average Bonchev–Trinajstić information content (AvgIpc) is 2.38. The summed E-state index contributed by atoms with van der Waals surface area (Å²) in [7, 11) is 0. The molecule has 0 bridgehead atoms. The van der Waals surface area contributed by atoms with Crippen LogP contribution in [0.4, 0.5) is 13.2 Å². The molecular formula is C12H12F3N3O2. The predicted octanol–water partition coefficient (Wildman–Crippen LogP) is -0.568. The Bertz CT molecular complexity index is 538. The molecule has 8 heteroatoms. The third-order valence-corrected chi connectivity index (χ3v) is 2.75. The first kappa shape index (κ1) is 15.9. The molecule has 0 spiro atoms. The molecule has 0 radical (unpaired) electrons. The maximum absolute atomic E-state index is 10.5. The third kappa shape index (κ3) is 4.20. The first-order chi connectivity index (χ1) is 9.25. The first-order valence-corrected chi connectivity index (χ1v) is 5.77. The van der Waals surface area contributed by atoms with Gasteiger partial charge in [-0.2, -0.15) is 18.4 Å². The number of nitriles is 1. The van der Waals surface area contributed by atoms with Crippen LogP contribution in [-0.4, -0.2) is 23.7 Å². The van der Waals surface area contributed by atoms with Gasteiger partial charge in [-0.15, -0.1) is 0 Å². The number of carbonyl (C=O) groups excluding carboxylic acids is 1. The Kier molecular flexibility index (Phi) is 5.05. The van der Waals surface area contributed by atoms with Gasteiger partial charge in [0.1, 0.15) is 23.8 Å². The number of pyridine rings is 1. The summed E-state index contributed by atoms with van der Waals surface area (Å²) in [5.74, 6) is -3.01. The van der Waals surface area contributed by atoms with Crippen LogP contribution in [0.5, 0.6) is 0 Å². The molecule has 108 valence electrons. The predicted molar refractivity (Wildman–Crippen MR) is 58.9 cm³/mol. The number of aromatic nitrogens is 1. The van der Waals surface area contributed by atoms with Crippen molar-refractivity contribution in [3.63, 3.8) is 0 Å². The van der Waals surface area contributed by atoms with Crippen molar-refractivity contribution in [2.45, 2.75) is 25.6 Å². The van der Waals surface area contributed by atoms with E-state index >= 15 is 0 Å². The fourth-order valence-electron chi connectivity index (χ4n) is 1.79. The Morgan fingerprint density at radius 2 is 2.15 bits per heavy atom. The van der Waals surface area contributed by atoms with Gasteiger partial charge in [0.25, 0.3) is 0 Å². The zero-order chi connectivity index (χ0) is 15.3. The summed E-state index contributed by atoms with van der Waals surface area (Å²) < 4.78 is 31.5. The van der Waals surface area contributed by atoms with Gasteiger partial charge in [-0.25, -0.2) is 4.98 Å². The smallest absolute Gasteiger partial charge is 0.430 e. The Morgan fingerprint density at radius 1 is 1.55 bits per heavy atom. The highest BCUT2D eigenvalue weighted by Gasteiger charge is 2.28. The van der Waals surface area contributed by atoms with Crippen molar-refractivity contribution in [3.8, 4) is 6.07 Å². The highest BCUT2D eigenvalue weighted by atomic mass is 19.4. The number of fused-ring (bicyclic) bond motifs is 1. The molecule has 5 nitrogen and oxygen atoms in total. The van der Waals surface area contributed by atoms with E-state index in [4.69, 9.17) is 15.2 Å². The lowest BCUT2D eigenvalue weighted by Gasteiger charge is -2.19. The van der Waals surface area contributed by atoms with E-state index in [1.54, 1.807) is 6.07 Å². The van der Waals surface area contributed by atoms with Crippen LogP contribution >= 0.6 is 0 Å². The molecule has 0 aliphatic carbocycles. The molecule has 20 heavy (non-hydrogen) atoms. The molecule has 0 fully saturated rings. The quantitative estimate of drug-likeness (QED) is 0.691. The van der Waals surface area contributed by atoms with Crippen molar-refractivity contribution in [2.75, 3.05) is 6.54 Å². The molecule has 2 N–H and O–H groups in total. The maximum atomic E-state index is 10.5. The van der Waals surface area contributed by atoms with E-state index in [-0.39, 0.29) is 0 Å². The largest absolute Gasteiger partial charge is 0.542 e. The molecule has 0 amide bonds. The van der Waals surface area contributed by atoms with E-state index in [1.165, 1.54) is 5.56 Å². The van der Waals surface area contributed by atoms with E-state index in [9.17, 15) is 13.2 Å². The number of nitrogens with two attached hydrogens (primary N) is 1. The van der Waals surface area contributed by atoms with Gasteiger partial charge in [-0.05, 0) is 19.1 Å². The first-order valence-electron chi connectivity index (χ1n) is 5.77. The standard InChI is InChI=1S/C10H11N3.C2HF3O2/c1-7-9-3-2-8(6-11)13-10(9)4-5-12-7;3-2(4,5)1(6)7/h2-3,7,12H,4-5H2,1H3;(H,6,7)/t7-;/m1./s1. The van der Waals surface area contributed by atoms with E-state index in [0.717, 1.165) is 18.7 Å². The summed E-state index contributed by atoms with van der Waals surface area (Å²) in [6.45, 7) is 3.25. The second-order valence-electron chi connectivity index (χ2n) is 4.19. The minimum atomic E-state index is -5.19. The Labute approximate surface area is 113 Å². The number of rotatable bonds is 0. The van der Waals surface area contributed by atoms with Crippen molar-refractivity contribution < 1.29 is 28.4 Å². The van der Waals surface area contributed by atoms with E-state index < -0.39 is 12.1 Å². The molecule has 0 saturated carbocycles. The number of hydrogen-bond acceptors (Lipinski definition) is 4. The molecule has 0 aromatic carbocycles. The molecule has 0 unspecified atom stereocenters.